The van der Waals surface area contributed by atoms with E-state index in [2.05, 4.69) is 16.9 Å². The number of ether oxygens (including phenoxy) is 1. The molecule has 0 aliphatic heterocycles. The van der Waals surface area contributed by atoms with Gasteiger partial charge in [-0.25, -0.2) is 4.39 Å². The molecule has 2 aliphatic carbocycles. The zero-order valence-corrected chi connectivity index (χ0v) is 16.6. The van der Waals surface area contributed by atoms with Crippen molar-refractivity contribution < 1.29 is 19.0 Å². The minimum atomic E-state index is -0.299. The maximum Gasteiger partial charge on any atom is 0.223 e. The SMILES string of the molecule is C=C(CO)CCNC(=O)C(C)[C@H]1[C@@H]2C[C@@H](Oc3ccnc4ccc(F)cc34)C[C@@H]21. The smallest absolute Gasteiger partial charge is 0.223 e. The third-order valence-corrected chi connectivity index (χ3v) is 6.42. The third-order valence-electron chi connectivity index (χ3n) is 6.42. The van der Waals surface area contributed by atoms with Crippen LogP contribution in [0.15, 0.2) is 42.6 Å². The second-order valence-corrected chi connectivity index (χ2v) is 8.32. The van der Waals surface area contributed by atoms with Gasteiger partial charge in [-0.05, 0) is 61.3 Å². The van der Waals surface area contributed by atoms with E-state index in [9.17, 15) is 9.18 Å². The van der Waals surface area contributed by atoms with Crippen LogP contribution in [0.1, 0.15) is 26.2 Å². The molecule has 2 N–H and O–H groups in total. The molecular weight excluding hydrogens is 371 g/mol. The first kappa shape index (κ1) is 19.8. The maximum atomic E-state index is 13.6. The van der Waals surface area contributed by atoms with E-state index in [0.717, 1.165) is 23.9 Å². The number of rotatable bonds is 8. The summed E-state index contributed by atoms with van der Waals surface area (Å²) in [7, 11) is 0. The normalized spacial score (nSPS) is 26.0. The van der Waals surface area contributed by atoms with Crippen LogP contribution in [-0.4, -0.2) is 35.3 Å². The first-order valence-corrected chi connectivity index (χ1v) is 10.2. The molecule has 5 nitrogen and oxygen atoms in total. The zero-order valence-electron chi connectivity index (χ0n) is 16.6. The summed E-state index contributed by atoms with van der Waals surface area (Å²) >= 11 is 0. The summed E-state index contributed by atoms with van der Waals surface area (Å²) in [5, 5.41) is 12.6. The lowest BCUT2D eigenvalue weighted by molar-refractivity contribution is -0.125. The highest BCUT2D eigenvalue weighted by atomic mass is 19.1. The molecule has 2 aromatic rings. The van der Waals surface area contributed by atoms with Gasteiger partial charge in [0.2, 0.25) is 5.91 Å². The Kier molecular flexibility index (Phi) is 5.54. The molecule has 6 heteroatoms. The van der Waals surface area contributed by atoms with Gasteiger partial charge in [0.1, 0.15) is 11.6 Å². The second-order valence-electron chi connectivity index (χ2n) is 8.32. The van der Waals surface area contributed by atoms with Gasteiger partial charge in [0.15, 0.2) is 0 Å². The predicted molar refractivity (Wildman–Crippen MR) is 109 cm³/mol. The van der Waals surface area contributed by atoms with Crippen molar-refractivity contribution in [1.29, 1.82) is 0 Å². The van der Waals surface area contributed by atoms with E-state index in [1.54, 1.807) is 18.3 Å². The monoisotopic (exact) mass is 398 g/mol. The Hall–Kier alpha value is -2.47. The van der Waals surface area contributed by atoms with Crippen molar-refractivity contribution in [3.05, 3.63) is 48.4 Å². The lowest BCUT2D eigenvalue weighted by Crippen LogP contribution is -2.32. The molecule has 154 valence electrons. The van der Waals surface area contributed by atoms with Gasteiger partial charge in [0.05, 0.1) is 18.2 Å². The van der Waals surface area contributed by atoms with E-state index in [0.29, 0.717) is 41.9 Å². The van der Waals surface area contributed by atoms with Crippen LogP contribution in [0.4, 0.5) is 4.39 Å². The lowest BCUT2D eigenvalue weighted by Gasteiger charge is -2.20. The van der Waals surface area contributed by atoms with Gasteiger partial charge in [-0.3, -0.25) is 9.78 Å². The lowest BCUT2D eigenvalue weighted by atomic mass is 9.97. The number of hydrogen-bond acceptors (Lipinski definition) is 4. The van der Waals surface area contributed by atoms with Crippen molar-refractivity contribution >= 4 is 16.8 Å². The molecule has 1 aromatic heterocycles. The van der Waals surface area contributed by atoms with Crippen molar-refractivity contribution in [1.82, 2.24) is 10.3 Å². The Bertz CT molecular complexity index is 919. The summed E-state index contributed by atoms with van der Waals surface area (Å²) < 4.78 is 19.8. The van der Waals surface area contributed by atoms with Crippen LogP contribution in [0.5, 0.6) is 5.75 Å². The predicted octanol–water partition coefficient (Wildman–Crippen LogP) is 3.47. The van der Waals surface area contributed by atoms with Gasteiger partial charge in [0.25, 0.3) is 0 Å². The molecule has 2 aliphatic rings. The van der Waals surface area contributed by atoms with Crippen molar-refractivity contribution in [3.8, 4) is 5.75 Å². The van der Waals surface area contributed by atoms with Gasteiger partial charge in [-0.2, -0.15) is 0 Å². The number of nitrogens with zero attached hydrogens (tertiary/aromatic N) is 1. The molecule has 1 heterocycles. The molecule has 1 unspecified atom stereocenters. The standard InChI is InChI=1S/C23H27FN2O3/c1-13(12-27)5-7-26-23(28)14(2)22-17-10-16(11-18(17)22)29-21-6-8-25-20-4-3-15(24)9-19(20)21/h3-4,6,8-9,14,16-18,22,27H,1,5,7,10-12H2,2H3,(H,26,28)/t14?,16-,17-,18+,22+. The van der Waals surface area contributed by atoms with E-state index in [1.165, 1.54) is 12.1 Å². The van der Waals surface area contributed by atoms with Crippen molar-refractivity contribution in [3.63, 3.8) is 0 Å². The van der Waals surface area contributed by atoms with Crippen molar-refractivity contribution in [2.45, 2.75) is 32.3 Å². The topological polar surface area (TPSA) is 71.5 Å². The van der Waals surface area contributed by atoms with Gasteiger partial charge in [-0.1, -0.05) is 19.1 Å². The van der Waals surface area contributed by atoms with E-state index >= 15 is 0 Å². The van der Waals surface area contributed by atoms with Crippen LogP contribution < -0.4 is 10.1 Å². The van der Waals surface area contributed by atoms with Gasteiger partial charge >= 0.3 is 0 Å². The molecule has 0 bridgehead atoms. The number of benzene rings is 1. The fraction of sp³-hybridized carbons (Fsp3) is 0.478. The largest absolute Gasteiger partial charge is 0.490 e. The van der Waals surface area contributed by atoms with Crippen LogP contribution in [0, 0.1) is 29.5 Å². The minimum Gasteiger partial charge on any atom is -0.490 e. The van der Waals surface area contributed by atoms with Crippen molar-refractivity contribution in [2.75, 3.05) is 13.2 Å². The number of aromatic nitrogens is 1. The molecule has 4 rings (SSSR count). The zero-order chi connectivity index (χ0) is 20.5. The van der Waals surface area contributed by atoms with E-state index in [4.69, 9.17) is 9.84 Å². The molecular formula is C23H27FN2O3. The molecule has 0 radical (unpaired) electrons. The number of aliphatic hydroxyl groups is 1. The van der Waals surface area contributed by atoms with Crippen LogP contribution in [0.2, 0.25) is 0 Å². The Morgan fingerprint density at radius 2 is 2.14 bits per heavy atom. The summed E-state index contributed by atoms with van der Waals surface area (Å²) in [5.74, 6) is 1.85. The Labute approximate surface area is 170 Å². The molecule has 0 spiro atoms. The van der Waals surface area contributed by atoms with Crippen molar-refractivity contribution in [2.24, 2.45) is 23.7 Å². The highest BCUT2D eigenvalue weighted by molar-refractivity contribution is 5.84. The van der Waals surface area contributed by atoms with Gasteiger partial charge in [-0.15, -0.1) is 0 Å². The number of halogens is 1. The summed E-state index contributed by atoms with van der Waals surface area (Å²) in [6.07, 6.45) is 4.23. The third kappa shape index (κ3) is 4.13. The molecule has 29 heavy (non-hydrogen) atoms. The Balaban J connectivity index is 1.30. The first-order valence-electron chi connectivity index (χ1n) is 10.2. The first-order chi connectivity index (χ1) is 14.0. The fourth-order valence-corrected chi connectivity index (χ4v) is 4.83. The molecule has 1 amide bonds. The fourth-order valence-electron chi connectivity index (χ4n) is 4.83. The molecule has 1 aromatic carbocycles. The number of carbonyl (C=O) groups is 1. The van der Waals surface area contributed by atoms with E-state index in [-0.39, 0.29) is 30.4 Å². The number of carbonyl (C=O) groups excluding carboxylic acids is 1. The highest BCUT2D eigenvalue weighted by Crippen LogP contribution is 2.61. The van der Waals surface area contributed by atoms with E-state index < -0.39 is 0 Å². The number of pyridine rings is 1. The second kappa shape index (κ2) is 8.11. The molecule has 2 fully saturated rings. The molecule has 5 atom stereocenters. The molecule has 2 saturated carbocycles. The van der Waals surface area contributed by atoms with Crippen LogP contribution >= 0.6 is 0 Å². The Morgan fingerprint density at radius 1 is 1.38 bits per heavy atom. The summed E-state index contributed by atoms with van der Waals surface area (Å²) in [6.45, 7) is 6.20. The van der Waals surface area contributed by atoms with Crippen LogP contribution in [0.25, 0.3) is 10.9 Å². The number of nitrogens with one attached hydrogen (secondary N) is 1. The minimum absolute atomic E-state index is 0.0239. The number of hydrogen-bond donors (Lipinski definition) is 2. The molecule has 0 saturated heterocycles. The quantitative estimate of drug-likeness (QED) is 0.668. The average molecular weight is 398 g/mol. The maximum absolute atomic E-state index is 13.6. The van der Waals surface area contributed by atoms with Crippen LogP contribution in [-0.2, 0) is 4.79 Å². The highest BCUT2D eigenvalue weighted by Gasteiger charge is 2.59. The summed E-state index contributed by atoms with van der Waals surface area (Å²) in [6, 6.07) is 6.32. The average Bonchev–Trinajstić information content (AvgIpc) is 3.22. The Morgan fingerprint density at radius 3 is 2.86 bits per heavy atom. The van der Waals surface area contributed by atoms with Gasteiger partial charge in [0, 0.05) is 24.0 Å². The number of amides is 1. The van der Waals surface area contributed by atoms with Gasteiger partial charge < -0.3 is 15.2 Å². The van der Waals surface area contributed by atoms with Crippen LogP contribution in [0.3, 0.4) is 0 Å². The summed E-state index contributed by atoms with van der Waals surface area (Å²) in [5.41, 5.74) is 1.45. The van der Waals surface area contributed by atoms with E-state index in [1.807, 2.05) is 6.92 Å². The summed E-state index contributed by atoms with van der Waals surface area (Å²) in [4.78, 5) is 16.7. The number of aliphatic hydroxyl groups excluding tert-OH is 1. The number of fused-ring (bicyclic) bond motifs is 2.